The molecule has 1 aliphatic rings. The Morgan fingerprint density at radius 3 is 2.58 bits per heavy atom. The zero-order valence-corrected chi connectivity index (χ0v) is 14.3. The van der Waals surface area contributed by atoms with Crippen LogP contribution in [0, 0.1) is 0 Å². The van der Waals surface area contributed by atoms with Crippen LogP contribution in [0.3, 0.4) is 0 Å². The zero-order valence-electron chi connectivity index (χ0n) is 14.3. The van der Waals surface area contributed by atoms with Crippen LogP contribution in [-0.2, 0) is 6.61 Å². The van der Waals surface area contributed by atoms with E-state index in [1.807, 2.05) is 29.2 Å². The first-order valence-electron chi connectivity index (χ1n) is 8.23. The number of ether oxygens (including phenoxy) is 2. The Labute approximate surface area is 141 Å². The summed E-state index contributed by atoms with van der Waals surface area (Å²) in [5, 5.41) is 7.04. The minimum atomic E-state index is -0.0210. The van der Waals surface area contributed by atoms with Crippen LogP contribution in [0.5, 0.6) is 11.5 Å². The van der Waals surface area contributed by atoms with E-state index in [0.29, 0.717) is 23.8 Å². The summed E-state index contributed by atoms with van der Waals surface area (Å²) in [5.41, 5.74) is 1.19. The van der Waals surface area contributed by atoms with Gasteiger partial charge in [0.05, 0.1) is 12.8 Å². The summed E-state index contributed by atoms with van der Waals surface area (Å²) in [6.07, 6.45) is 2.09. The summed E-state index contributed by atoms with van der Waals surface area (Å²) in [6, 6.07) is 9.74. The van der Waals surface area contributed by atoms with Gasteiger partial charge in [0.1, 0.15) is 6.61 Å². The van der Waals surface area contributed by atoms with E-state index in [2.05, 4.69) is 24.0 Å². The third-order valence-corrected chi connectivity index (χ3v) is 4.49. The van der Waals surface area contributed by atoms with Crippen molar-refractivity contribution in [3.63, 3.8) is 0 Å². The molecular formula is C18H23N3O3. The zero-order chi connectivity index (χ0) is 17.1. The van der Waals surface area contributed by atoms with Gasteiger partial charge in [-0.25, -0.2) is 0 Å². The number of carbonyl (C=O) groups excluding carboxylic acids is 1. The lowest BCUT2D eigenvalue weighted by atomic mass is 10.2. The van der Waals surface area contributed by atoms with Crippen molar-refractivity contribution < 1.29 is 14.3 Å². The number of hydrogen-bond donors (Lipinski definition) is 1. The number of carbonyl (C=O) groups is 1. The molecule has 6 nitrogen and oxygen atoms in total. The molecule has 24 heavy (non-hydrogen) atoms. The molecule has 128 valence electrons. The first-order chi connectivity index (χ1) is 11.6. The fraction of sp³-hybridized carbons (Fsp3) is 0.444. The van der Waals surface area contributed by atoms with Gasteiger partial charge >= 0.3 is 0 Å². The maximum atomic E-state index is 12.6. The van der Waals surface area contributed by atoms with Crippen molar-refractivity contribution in [2.24, 2.45) is 0 Å². The minimum absolute atomic E-state index is 0.0210. The first-order valence-corrected chi connectivity index (χ1v) is 8.23. The topological polar surface area (TPSA) is 67.5 Å². The van der Waals surface area contributed by atoms with Crippen molar-refractivity contribution in [2.45, 2.75) is 45.4 Å². The van der Waals surface area contributed by atoms with Crippen LogP contribution in [0.15, 0.2) is 30.3 Å². The number of aromatic amines is 1. The molecule has 1 fully saturated rings. The minimum Gasteiger partial charge on any atom is -0.493 e. The molecule has 6 heteroatoms. The van der Waals surface area contributed by atoms with Gasteiger partial charge in [-0.3, -0.25) is 9.89 Å². The standard InChI is InChI=1S/C18H23N3O3/c1-12-8-9-13(2)21(12)18(22)15-10-14(19-20-15)11-24-17-7-5-4-6-16(17)23-3/h4-7,10,12-13H,8-9,11H2,1-3H3,(H,19,20)/t12-,13+. The van der Waals surface area contributed by atoms with Gasteiger partial charge in [-0.2, -0.15) is 5.10 Å². The van der Waals surface area contributed by atoms with Crippen LogP contribution in [-0.4, -0.2) is 40.2 Å². The molecule has 0 aliphatic carbocycles. The fourth-order valence-electron chi connectivity index (χ4n) is 3.17. The van der Waals surface area contributed by atoms with Crippen LogP contribution < -0.4 is 9.47 Å². The van der Waals surface area contributed by atoms with Gasteiger partial charge < -0.3 is 14.4 Å². The predicted octanol–water partition coefficient (Wildman–Crippen LogP) is 3.01. The van der Waals surface area contributed by atoms with Crippen molar-refractivity contribution in [2.75, 3.05) is 7.11 Å². The van der Waals surface area contributed by atoms with Gasteiger partial charge in [-0.1, -0.05) is 12.1 Å². The number of nitrogens with zero attached hydrogens (tertiary/aromatic N) is 2. The summed E-state index contributed by atoms with van der Waals surface area (Å²) in [4.78, 5) is 14.6. The number of aromatic nitrogens is 2. The van der Waals surface area contributed by atoms with Crippen molar-refractivity contribution >= 4 is 5.91 Å². The Morgan fingerprint density at radius 1 is 1.25 bits per heavy atom. The number of hydrogen-bond acceptors (Lipinski definition) is 4. The number of rotatable bonds is 5. The maximum Gasteiger partial charge on any atom is 0.274 e. The van der Waals surface area contributed by atoms with Crippen LogP contribution in [0.4, 0.5) is 0 Å². The monoisotopic (exact) mass is 329 g/mol. The van der Waals surface area contributed by atoms with E-state index in [9.17, 15) is 4.79 Å². The molecule has 1 N–H and O–H groups in total. The van der Waals surface area contributed by atoms with Crippen molar-refractivity contribution in [1.82, 2.24) is 15.1 Å². The second kappa shape index (κ2) is 6.95. The van der Waals surface area contributed by atoms with Crippen LogP contribution in [0.2, 0.25) is 0 Å². The molecule has 1 amide bonds. The Balaban J connectivity index is 1.66. The highest BCUT2D eigenvalue weighted by atomic mass is 16.5. The van der Waals surface area contributed by atoms with Gasteiger partial charge in [-0.15, -0.1) is 0 Å². The smallest absolute Gasteiger partial charge is 0.274 e. The molecule has 1 aromatic carbocycles. The van der Waals surface area contributed by atoms with E-state index in [-0.39, 0.29) is 18.0 Å². The molecular weight excluding hydrogens is 306 g/mol. The highest BCUT2D eigenvalue weighted by Gasteiger charge is 2.33. The number of nitrogens with one attached hydrogen (secondary N) is 1. The van der Waals surface area contributed by atoms with E-state index in [4.69, 9.17) is 9.47 Å². The predicted molar refractivity (Wildman–Crippen MR) is 90.2 cm³/mol. The van der Waals surface area contributed by atoms with E-state index >= 15 is 0 Å². The lowest BCUT2D eigenvalue weighted by Gasteiger charge is -2.25. The maximum absolute atomic E-state index is 12.6. The summed E-state index contributed by atoms with van der Waals surface area (Å²) in [5.74, 6) is 1.31. The number of likely N-dealkylation sites (tertiary alicyclic amines) is 1. The quantitative estimate of drug-likeness (QED) is 0.915. The van der Waals surface area contributed by atoms with Gasteiger partial charge in [0.25, 0.3) is 5.91 Å². The third kappa shape index (κ3) is 3.22. The summed E-state index contributed by atoms with van der Waals surface area (Å²) < 4.78 is 11.0. The Morgan fingerprint density at radius 2 is 1.92 bits per heavy atom. The van der Waals surface area contributed by atoms with Gasteiger partial charge in [-0.05, 0) is 44.9 Å². The lowest BCUT2D eigenvalue weighted by molar-refractivity contribution is 0.0686. The van der Waals surface area contributed by atoms with E-state index < -0.39 is 0 Å². The average molecular weight is 329 g/mol. The Kier molecular flexibility index (Phi) is 4.74. The number of para-hydroxylation sites is 2. The molecule has 1 aromatic heterocycles. The van der Waals surface area contributed by atoms with Crippen LogP contribution in [0.1, 0.15) is 42.9 Å². The van der Waals surface area contributed by atoms with Gasteiger partial charge in [0.15, 0.2) is 17.2 Å². The second-order valence-electron chi connectivity index (χ2n) is 6.21. The van der Waals surface area contributed by atoms with Crippen LogP contribution in [0.25, 0.3) is 0 Å². The highest BCUT2D eigenvalue weighted by molar-refractivity contribution is 5.93. The van der Waals surface area contributed by atoms with Gasteiger partial charge in [0, 0.05) is 12.1 Å². The fourth-order valence-corrected chi connectivity index (χ4v) is 3.17. The lowest BCUT2D eigenvalue weighted by Crippen LogP contribution is -2.38. The molecule has 1 aliphatic heterocycles. The normalized spacial score (nSPS) is 20.2. The molecule has 3 rings (SSSR count). The summed E-state index contributed by atoms with van der Waals surface area (Å²) >= 11 is 0. The Bertz CT molecular complexity index is 703. The molecule has 1 saturated heterocycles. The number of H-pyrrole nitrogens is 1. The highest BCUT2D eigenvalue weighted by Crippen LogP contribution is 2.27. The molecule has 0 unspecified atom stereocenters. The first kappa shape index (κ1) is 16.4. The number of benzene rings is 1. The number of methoxy groups -OCH3 is 1. The van der Waals surface area contributed by atoms with Crippen molar-refractivity contribution in [1.29, 1.82) is 0 Å². The van der Waals surface area contributed by atoms with Crippen molar-refractivity contribution in [3.8, 4) is 11.5 Å². The Hall–Kier alpha value is -2.50. The second-order valence-corrected chi connectivity index (χ2v) is 6.21. The van der Waals surface area contributed by atoms with E-state index in [1.165, 1.54) is 0 Å². The molecule has 0 radical (unpaired) electrons. The van der Waals surface area contributed by atoms with Crippen LogP contribution >= 0.6 is 0 Å². The average Bonchev–Trinajstić information content (AvgIpc) is 3.19. The largest absolute Gasteiger partial charge is 0.493 e. The van der Waals surface area contributed by atoms with E-state index in [0.717, 1.165) is 18.5 Å². The van der Waals surface area contributed by atoms with Gasteiger partial charge in [0.2, 0.25) is 0 Å². The molecule has 0 bridgehead atoms. The third-order valence-electron chi connectivity index (χ3n) is 4.49. The molecule has 2 heterocycles. The SMILES string of the molecule is COc1ccccc1OCc1cc(C(=O)N2[C@H](C)CC[C@@H]2C)n[nH]1. The van der Waals surface area contributed by atoms with E-state index in [1.54, 1.807) is 13.2 Å². The molecule has 0 spiro atoms. The summed E-state index contributed by atoms with van der Waals surface area (Å²) in [6.45, 7) is 4.46. The molecule has 2 atom stereocenters. The van der Waals surface area contributed by atoms with Crippen molar-refractivity contribution in [3.05, 3.63) is 41.7 Å². The molecule has 2 aromatic rings. The number of amides is 1. The summed E-state index contributed by atoms with van der Waals surface area (Å²) in [7, 11) is 1.60. The molecule has 0 saturated carbocycles.